The highest BCUT2D eigenvalue weighted by Gasteiger charge is 2.25. The predicted molar refractivity (Wildman–Crippen MR) is 75.6 cm³/mol. The Hall–Kier alpha value is -0.950. The SMILES string of the molecule is N[C@@H]1CCCC[C@H]1NS(=O)(=O)NCc1ccccc1. The Balaban J connectivity index is 1.88. The summed E-state index contributed by atoms with van der Waals surface area (Å²) in [6, 6.07) is 9.20. The lowest BCUT2D eigenvalue weighted by atomic mass is 9.92. The highest BCUT2D eigenvalue weighted by atomic mass is 32.2. The van der Waals surface area contributed by atoms with E-state index in [0.717, 1.165) is 31.2 Å². The molecule has 1 aliphatic rings. The van der Waals surface area contributed by atoms with E-state index in [0.29, 0.717) is 0 Å². The van der Waals surface area contributed by atoms with Crippen molar-refractivity contribution in [1.29, 1.82) is 0 Å². The molecule has 0 saturated heterocycles. The molecule has 2 rings (SSSR count). The number of hydrogen-bond donors (Lipinski definition) is 3. The van der Waals surface area contributed by atoms with E-state index in [9.17, 15) is 8.42 Å². The minimum atomic E-state index is -3.49. The summed E-state index contributed by atoms with van der Waals surface area (Å²) in [6.07, 6.45) is 3.80. The van der Waals surface area contributed by atoms with Crippen LogP contribution in [0.15, 0.2) is 30.3 Å². The molecule has 0 unspecified atom stereocenters. The van der Waals surface area contributed by atoms with Crippen molar-refractivity contribution in [3.05, 3.63) is 35.9 Å². The molecule has 1 saturated carbocycles. The first-order valence-corrected chi connectivity index (χ1v) is 8.11. The zero-order chi connectivity index (χ0) is 13.7. The first kappa shape index (κ1) is 14.5. The first-order valence-electron chi connectivity index (χ1n) is 6.63. The van der Waals surface area contributed by atoms with Crippen LogP contribution in [0, 0.1) is 0 Å². The van der Waals surface area contributed by atoms with Gasteiger partial charge in [-0.25, -0.2) is 0 Å². The maximum Gasteiger partial charge on any atom is 0.277 e. The summed E-state index contributed by atoms with van der Waals surface area (Å²) < 4.78 is 29.1. The van der Waals surface area contributed by atoms with Crippen LogP contribution in [0.25, 0.3) is 0 Å². The summed E-state index contributed by atoms with van der Waals surface area (Å²) in [6.45, 7) is 0.290. The van der Waals surface area contributed by atoms with E-state index in [1.165, 1.54) is 0 Å². The number of benzene rings is 1. The van der Waals surface area contributed by atoms with Gasteiger partial charge in [-0.2, -0.15) is 17.9 Å². The fourth-order valence-corrected chi connectivity index (χ4v) is 3.45. The number of nitrogens with one attached hydrogen (secondary N) is 2. The highest BCUT2D eigenvalue weighted by Crippen LogP contribution is 2.17. The lowest BCUT2D eigenvalue weighted by Gasteiger charge is -2.29. The van der Waals surface area contributed by atoms with Crippen LogP contribution in [0.2, 0.25) is 0 Å². The molecule has 1 fully saturated rings. The Morgan fingerprint density at radius 1 is 1.16 bits per heavy atom. The van der Waals surface area contributed by atoms with E-state index >= 15 is 0 Å². The quantitative estimate of drug-likeness (QED) is 0.750. The summed E-state index contributed by atoms with van der Waals surface area (Å²) in [5.74, 6) is 0. The lowest BCUT2D eigenvalue weighted by Crippen LogP contribution is -2.52. The van der Waals surface area contributed by atoms with Crippen LogP contribution in [-0.4, -0.2) is 20.5 Å². The van der Waals surface area contributed by atoms with E-state index in [1.54, 1.807) is 0 Å². The van der Waals surface area contributed by atoms with Crippen molar-refractivity contribution in [1.82, 2.24) is 9.44 Å². The second kappa shape index (κ2) is 6.47. The van der Waals surface area contributed by atoms with Crippen LogP contribution in [0.1, 0.15) is 31.2 Å². The van der Waals surface area contributed by atoms with E-state index in [-0.39, 0.29) is 18.6 Å². The average molecular weight is 283 g/mol. The predicted octanol–water partition coefficient (Wildman–Crippen LogP) is 0.881. The molecule has 0 spiro atoms. The molecule has 0 aliphatic heterocycles. The van der Waals surface area contributed by atoms with Gasteiger partial charge in [0.05, 0.1) is 0 Å². The Morgan fingerprint density at radius 3 is 2.53 bits per heavy atom. The molecule has 5 nitrogen and oxygen atoms in total. The minimum Gasteiger partial charge on any atom is -0.326 e. The average Bonchev–Trinajstić information content (AvgIpc) is 2.40. The van der Waals surface area contributed by atoms with Crippen LogP contribution in [0.4, 0.5) is 0 Å². The third-order valence-electron chi connectivity index (χ3n) is 3.44. The van der Waals surface area contributed by atoms with Crippen molar-refractivity contribution in [3.63, 3.8) is 0 Å². The van der Waals surface area contributed by atoms with Gasteiger partial charge in [0.25, 0.3) is 10.2 Å². The first-order chi connectivity index (χ1) is 9.07. The van der Waals surface area contributed by atoms with Gasteiger partial charge in [-0.15, -0.1) is 0 Å². The van der Waals surface area contributed by atoms with Gasteiger partial charge in [0, 0.05) is 18.6 Å². The maximum absolute atomic E-state index is 11.9. The highest BCUT2D eigenvalue weighted by molar-refractivity contribution is 7.87. The Labute approximate surface area is 114 Å². The molecule has 0 heterocycles. The van der Waals surface area contributed by atoms with Gasteiger partial charge in [0.15, 0.2) is 0 Å². The third kappa shape index (κ3) is 4.58. The van der Waals surface area contributed by atoms with Gasteiger partial charge < -0.3 is 5.73 Å². The molecule has 1 aliphatic carbocycles. The smallest absolute Gasteiger partial charge is 0.277 e. The zero-order valence-corrected chi connectivity index (χ0v) is 11.7. The summed E-state index contributed by atoms with van der Waals surface area (Å²) in [5, 5.41) is 0. The largest absolute Gasteiger partial charge is 0.326 e. The molecule has 1 aromatic rings. The Kier molecular flexibility index (Phi) is 4.93. The molecule has 106 valence electrons. The van der Waals surface area contributed by atoms with Crippen LogP contribution < -0.4 is 15.2 Å². The maximum atomic E-state index is 11.9. The van der Waals surface area contributed by atoms with Gasteiger partial charge in [-0.3, -0.25) is 0 Å². The van der Waals surface area contributed by atoms with E-state index < -0.39 is 10.2 Å². The van der Waals surface area contributed by atoms with Crippen LogP contribution >= 0.6 is 0 Å². The summed E-state index contributed by atoms with van der Waals surface area (Å²) in [4.78, 5) is 0. The standard InChI is InChI=1S/C13H21N3O2S/c14-12-8-4-5-9-13(12)16-19(17,18)15-10-11-6-2-1-3-7-11/h1-3,6-7,12-13,15-16H,4-5,8-10,14H2/t12-,13-/m1/s1. The molecule has 4 N–H and O–H groups in total. The second-order valence-corrected chi connectivity index (χ2v) is 6.51. The van der Waals surface area contributed by atoms with Gasteiger partial charge in [-0.05, 0) is 18.4 Å². The fraction of sp³-hybridized carbons (Fsp3) is 0.538. The van der Waals surface area contributed by atoms with Crippen LogP contribution in [-0.2, 0) is 16.8 Å². The fourth-order valence-electron chi connectivity index (χ4n) is 2.32. The van der Waals surface area contributed by atoms with Crippen molar-refractivity contribution < 1.29 is 8.42 Å². The van der Waals surface area contributed by atoms with Crippen LogP contribution in [0.3, 0.4) is 0 Å². The monoisotopic (exact) mass is 283 g/mol. The van der Waals surface area contributed by atoms with Gasteiger partial charge in [-0.1, -0.05) is 43.2 Å². The van der Waals surface area contributed by atoms with Crippen molar-refractivity contribution >= 4 is 10.2 Å². The molecule has 0 bridgehead atoms. The Bertz CT molecular complexity index is 490. The lowest BCUT2D eigenvalue weighted by molar-refractivity contribution is 0.359. The van der Waals surface area contributed by atoms with Crippen LogP contribution in [0.5, 0.6) is 0 Å². The second-order valence-electron chi connectivity index (χ2n) is 4.98. The van der Waals surface area contributed by atoms with E-state index in [4.69, 9.17) is 5.73 Å². The van der Waals surface area contributed by atoms with Crippen molar-refractivity contribution in [3.8, 4) is 0 Å². The molecule has 0 aromatic heterocycles. The molecule has 19 heavy (non-hydrogen) atoms. The number of rotatable bonds is 5. The Morgan fingerprint density at radius 2 is 1.84 bits per heavy atom. The summed E-state index contributed by atoms with van der Waals surface area (Å²) in [5.41, 5.74) is 6.87. The van der Waals surface area contributed by atoms with Gasteiger partial charge >= 0.3 is 0 Å². The molecule has 0 radical (unpaired) electrons. The van der Waals surface area contributed by atoms with E-state index in [2.05, 4.69) is 9.44 Å². The molecule has 1 aromatic carbocycles. The summed E-state index contributed by atoms with van der Waals surface area (Å²) >= 11 is 0. The topological polar surface area (TPSA) is 84.2 Å². The van der Waals surface area contributed by atoms with Crippen molar-refractivity contribution in [2.75, 3.05) is 0 Å². The van der Waals surface area contributed by atoms with Gasteiger partial charge in [0.1, 0.15) is 0 Å². The molecule has 2 atom stereocenters. The number of nitrogens with two attached hydrogens (primary N) is 1. The molecule has 6 heteroatoms. The van der Waals surface area contributed by atoms with E-state index in [1.807, 2.05) is 30.3 Å². The van der Waals surface area contributed by atoms with Crippen molar-refractivity contribution in [2.24, 2.45) is 5.73 Å². The normalized spacial score (nSPS) is 24.3. The molecule has 0 amide bonds. The molecular formula is C13H21N3O2S. The molecular weight excluding hydrogens is 262 g/mol. The third-order valence-corrected chi connectivity index (χ3v) is 4.57. The van der Waals surface area contributed by atoms with Crippen molar-refractivity contribution in [2.45, 2.75) is 44.3 Å². The zero-order valence-electron chi connectivity index (χ0n) is 10.9. The minimum absolute atomic E-state index is 0.0814. The number of hydrogen-bond acceptors (Lipinski definition) is 3. The summed E-state index contributed by atoms with van der Waals surface area (Å²) in [7, 11) is -3.49. The van der Waals surface area contributed by atoms with Gasteiger partial charge in [0.2, 0.25) is 0 Å².